The first-order chi connectivity index (χ1) is 13.5. The maximum atomic E-state index is 15.1. The predicted octanol–water partition coefficient (Wildman–Crippen LogP) is 2.39. The van der Waals surface area contributed by atoms with Crippen molar-refractivity contribution in [3.05, 3.63) is 33.9 Å². The monoisotopic (exact) mass is 390 g/mol. The highest BCUT2D eigenvalue weighted by atomic mass is 19.1. The van der Waals surface area contributed by atoms with Crippen LogP contribution in [0.15, 0.2) is 17.1 Å². The zero-order valence-electron chi connectivity index (χ0n) is 15.7. The number of rotatable bonds is 6. The summed E-state index contributed by atoms with van der Waals surface area (Å²) in [7, 11) is 1.44. The third kappa shape index (κ3) is 3.01. The fraction of sp³-hybridized carbons (Fsp3) is 0.500. The summed E-state index contributed by atoms with van der Waals surface area (Å²) in [5.41, 5.74) is -0.324. The van der Waals surface area contributed by atoms with Crippen LogP contribution in [-0.2, 0) is 0 Å². The van der Waals surface area contributed by atoms with Crippen LogP contribution in [0.2, 0.25) is 0 Å². The molecule has 2 aromatic rings. The van der Waals surface area contributed by atoms with Crippen molar-refractivity contribution in [2.45, 2.75) is 31.7 Å². The fourth-order valence-electron chi connectivity index (χ4n) is 4.18. The molecule has 0 bridgehead atoms. The van der Waals surface area contributed by atoms with Crippen LogP contribution in [0.4, 0.5) is 10.1 Å². The molecule has 2 N–H and O–H groups in total. The number of carbonyl (C=O) groups is 1. The molecule has 1 atom stereocenters. The van der Waals surface area contributed by atoms with Crippen molar-refractivity contribution in [1.29, 1.82) is 0 Å². The van der Waals surface area contributed by atoms with Crippen LogP contribution in [0.25, 0.3) is 10.9 Å². The van der Waals surface area contributed by atoms with E-state index in [2.05, 4.69) is 0 Å². The molecule has 8 heteroatoms. The molecule has 1 aromatic carbocycles. The number of aromatic nitrogens is 1. The van der Waals surface area contributed by atoms with E-state index in [0.29, 0.717) is 30.7 Å². The number of methoxy groups -OCH3 is 1. The molecule has 1 aliphatic heterocycles. The zero-order valence-corrected chi connectivity index (χ0v) is 15.7. The van der Waals surface area contributed by atoms with Gasteiger partial charge in [-0.25, -0.2) is 9.18 Å². The van der Waals surface area contributed by atoms with Crippen molar-refractivity contribution in [2.75, 3.05) is 31.7 Å². The number of benzene rings is 1. The molecule has 2 aliphatic rings. The number of pyridine rings is 1. The Kier molecular flexibility index (Phi) is 4.74. The molecule has 4 rings (SSSR count). The molecular formula is C20H23FN2O5. The highest BCUT2D eigenvalue weighted by Crippen LogP contribution is 2.44. The Morgan fingerprint density at radius 3 is 2.71 bits per heavy atom. The van der Waals surface area contributed by atoms with Crippen molar-refractivity contribution in [1.82, 2.24) is 4.57 Å². The summed E-state index contributed by atoms with van der Waals surface area (Å²) in [6.45, 7) is 1.32. The van der Waals surface area contributed by atoms with Gasteiger partial charge in [0.15, 0.2) is 11.6 Å². The number of nitrogens with zero attached hydrogens (tertiary/aromatic N) is 2. The summed E-state index contributed by atoms with van der Waals surface area (Å²) in [6, 6.07) is 1.22. The minimum atomic E-state index is -1.32. The van der Waals surface area contributed by atoms with Gasteiger partial charge in [0.05, 0.1) is 18.0 Å². The third-order valence-corrected chi connectivity index (χ3v) is 5.71. The number of aliphatic hydroxyl groups excluding tert-OH is 1. The second-order valence-corrected chi connectivity index (χ2v) is 7.56. The van der Waals surface area contributed by atoms with Crippen LogP contribution in [0, 0.1) is 11.7 Å². The summed E-state index contributed by atoms with van der Waals surface area (Å²) in [5.74, 6) is -1.39. The molecular weight excluding hydrogens is 367 g/mol. The summed E-state index contributed by atoms with van der Waals surface area (Å²) >= 11 is 0. The van der Waals surface area contributed by atoms with E-state index in [0.717, 1.165) is 25.3 Å². The lowest BCUT2D eigenvalue weighted by Gasteiger charge is -2.24. The van der Waals surface area contributed by atoms with E-state index >= 15 is 4.39 Å². The topological polar surface area (TPSA) is 92.0 Å². The van der Waals surface area contributed by atoms with E-state index < -0.39 is 17.2 Å². The summed E-state index contributed by atoms with van der Waals surface area (Å²) in [5, 5.41) is 18.6. The number of hydrogen-bond donors (Lipinski definition) is 2. The first kappa shape index (κ1) is 18.7. The van der Waals surface area contributed by atoms with E-state index in [1.807, 2.05) is 4.90 Å². The van der Waals surface area contributed by atoms with Gasteiger partial charge in [0.2, 0.25) is 5.43 Å². The van der Waals surface area contributed by atoms with Gasteiger partial charge in [-0.05, 0) is 37.7 Å². The minimum Gasteiger partial charge on any atom is -0.492 e. The van der Waals surface area contributed by atoms with Crippen LogP contribution >= 0.6 is 0 Å². The lowest BCUT2D eigenvalue weighted by Crippen LogP contribution is -2.24. The van der Waals surface area contributed by atoms with Crippen molar-refractivity contribution >= 4 is 22.6 Å². The van der Waals surface area contributed by atoms with Crippen molar-refractivity contribution in [3.63, 3.8) is 0 Å². The number of carboxylic acid groups (broad SMARTS) is 1. The normalized spacial score (nSPS) is 19.4. The Hall–Kier alpha value is -2.61. The van der Waals surface area contributed by atoms with E-state index in [-0.39, 0.29) is 35.3 Å². The maximum Gasteiger partial charge on any atom is 0.341 e. The molecule has 0 radical (unpaired) electrons. The SMILES string of the molecule is COc1c(N2CC[C@@H](CCO)C2)c(F)cc2c(=O)c(C(=O)O)cn(C3CC3)c12. The van der Waals surface area contributed by atoms with E-state index in [9.17, 15) is 19.8 Å². The first-order valence-electron chi connectivity index (χ1n) is 9.50. The molecule has 0 spiro atoms. The fourth-order valence-corrected chi connectivity index (χ4v) is 4.18. The molecule has 2 fully saturated rings. The van der Waals surface area contributed by atoms with Crippen LogP contribution in [0.1, 0.15) is 42.1 Å². The largest absolute Gasteiger partial charge is 0.492 e. The van der Waals surface area contributed by atoms with E-state index in [4.69, 9.17) is 4.74 Å². The predicted molar refractivity (Wildman–Crippen MR) is 102 cm³/mol. The van der Waals surface area contributed by atoms with Gasteiger partial charge in [-0.3, -0.25) is 4.79 Å². The van der Waals surface area contributed by atoms with Crippen molar-refractivity contribution in [2.24, 2.45) is 5.92 Å². The Morgan fingerprint density at radius 2 is 2.11 bits per heavy atom. The summed E-state index contributed by atoms with van der Waals surface area (Å²) < 4.78 is 22.5. The third-order valence-electron chi connectivity index (χ3n) is 5.71. The van der Waals surface area contributed by atoms with Crippen LogP contribution in [-0.4, -0.2) is 47.6 Å². The highest BCUT2D eigenvalue weighted by molar-refractivity contribution is 5.97. The van der Waals surface area contributed by atoms with Gasteiger partial charge < -0.3 is 24.4 Å². The van der Waals surface area contributed by atoms with Gasteiger partial charge in [0.25, 0.3) is 0 Å². The second kappa shape index (κ2) is 7.09. The number of carboxylic acids is 1. The number of aliphatic hydroxyl groups is 1. The second-order valence-electron chi connectivity index (χ2n) is 7.56. The highest BCUT2D eigenvalue weighted by Gasteiger charge is 2.33. The average molecular weight is 390 g/mol. The van der Waals surface area contributed by atoms with Gasteiger partial charge >= 0.3 is 5.97 Å². The molecule has 1 aromatic heterocycles. The molecule has 1 saturated carbocycles. The van der Waals surface area contributed by atoms with E-state index in [1.54, 1.807) is 4.57 Å². The smallest absolute Gasteiger partial charge is 0.341 e. The van der Waals surface area contributed by atoms with Crippen LogP contribution < -0.4 is 15.1 Å². The van der Waals surface area contributed by atoms with Crippen LogP contribution in [0.5, 0.6) is 5.75 Å². The summed E-state index contributed by atoms with van der Waals surface area (Å²) in [6.07, 6.45) is 4.59. The molecule has 1 saturated heterocycles. The quantitative estimate of drug-likeness (QED) is 0.787. The Balaban J connectivity index is 1.95. The van der Waals surface area contributed by atoms with Crippen molar-refractivity contribution in [3.8, 4) is 5.75 Å². The maximum absolute atomic E-state index is 15.1. The molecule has 7 nitrogen and oxygen atoms in total. The van der Waals surface area contributed by atoms with Crippen LogP contribution in [0.3, 0.4) is 0 Å². The molecule has 0 amide bonds. The molecule has 0 unspecified atom stereocenters. The average Bonchev–Trinajstić information content (AvgIpc) is 3.40. The Labute approximate surface area is 160 Å². The summed E-state index contributed by atoms with van der Waals surface area (Å²) in [4.78, 5) is 26.1. The molecule has 2 heterocycles. The standard InChI is InChI=1S/C20H23FN2O5/c1-28-19-16-13(18(25)14(20(26)27)10-23(16)12-2-3-12)8-15(21)17(19)22-6-4-11(9-22)5-7-24/h8,10-12,24H,2-7,9H2,1H3,(H,26,27)/t11-/m0/s1. The van der Waals surface area contributed by atoms with Gasteiger partial charge in [-0.1, -0.05) is 0 Å². The number of halogens is 1. The Bertz CT molecular complexity index is 998. The van der Waals surface area contributed by atoms with E-state index in [1.165, 1.54) is 13.3 Å². The van der Waals surface area contributed by atoms with Gasteiger partial charge in [0, 0.05) is 31.9 Å². The van der Waals surface area contributed by atoms with Gasteiger partial charge in [-0.15, -0.1) is 0 Å². The number of ether oxygens (including phenoxy) is 1. The lowest BCUT2D eigenvalue weighted by molar-refractivity contribution is 0.0694. The van der Waals surface area contributed by atoms with Gasteiger partial charge in [-0.2, -0.15) is 0 Å². The van der Waals surface area contributed by atoms with Gasteiger partial charge in [0.1, 0.15) is 11.3 Å². The number of hydrogen-bond acceptors (Lipinski definition) is 5. The minimum absolute atomic E-state index is 0.0241. The Morgan fingerprint density at radius 1 is 1.36 bits per heavy atom. The zero-order chi connectivity index (χ0) is 20.0. The van der Waals surface area contributed by atoms with Crippen molar-refractivity contribution < 1.29 is 24.1 Å². The number of fused-ring (bicyclic) bond motifs is 1. The number of anilines is 1. The molecule has 1 aliphatic carbocycles. The lowest BCUT2D eigenvalue weighted by atomic mass is 10.1. The number of aromatic carboxylic acids is 1. The molecule has 28 heavy (non-hydrogen) atoms. The molecule has 150 valence electrons. The first-order valence-corrected chi connectivity index (χ1v) is 9.50.